The number of nitrogens with zero attached hydrogens (tertiary/aromatic N) is 1. The van der Waals surface area contributed by atoms with Gasteiger partial charge in [0.25, 0.3) is 0 Å². The minimum absolute atomic E-state index is 0.732. The topological polar surface area (TPSA) is 27.7 Å². The molecule has 18 heavy (non-hydrogen) atoms. The number of quaternary nitrogens is 1. The van der Waals surface area contributed by atoms with Crippen molar-refractivity contribution in [1.82, 2.24) is 0 Å². The van der Waals surface area contributed by atoms with E-state index in [0.29, 0.717) is 0 Å². The fourth-order valence-corrected chi connectivity index (χ4v) is 5.42. The zero-order valence-electron chi connectivity index (χ0n) is 12.7. The van der Waals surface area contributed by atoms with E-state index < -0.39 is 8.80 Å². The summed E-state index contributed by atoms with van der Waals surface area (Å²) in [6.07, 6.45) is 7.42. The molecule has 0 radical (unpaired) electrons. The predicted molar refractivity (Wildman–Crippen MR) is 75.2 cm³/mol. The number of likely N-dealkylation sites (tertiary alicyclic amines) is 1. The van der Waals surface area contributed by atoms with Crippen molar-refractivity contribution >= 4 is 8.80 Å². The van der Waals surface area contributed by atoms with Crippen LogP contribution in [0.25, 0.3) is 0 Å². The van der Waals surface area contributed by atoms with Gasteiger partial charge in [-0.05, 0) is 25.7 Å². The molecule has 1 heterocycles. The van der Waals surface area contributed by atoms with Crippen LogP contribution in [-0.2, 0) is 13.3 Å². The first-order valence-corrected chi connectivity index (χ1v) is 8.98. The summed E-state index contributed by atoms with van der Waals surface area (Å²) in [4.78, 5) is 0. The molecule has 0 amide bonds. The summed E-state index contributed by atoms with van der Waals surface area (Å²) >= 11 is 0. The largest absolute Gasteiger partial charge is 0.558 e. The molecule has 5 heteroatoms. The third kappa shape index (κ3) is 3.54. The maximum atomic E-state index is 5.61. The first kappa shape index (κ1) is 16.1. The molecule has 0 aromatic heterocycles. The highest BCUT2D eigenvalue weighted by atomic mass is 28.4. The van der Waals surface area contributed by atoms with E-state index >= 15 is 0 Å². The molecule has 0 bridgehead atoms. The van der Waals surface area contributed by atoms with Gasteiger partial charge in [0.05, 0.1) is 19.6 Å². The van der Waals surface area contributed by atoms with Crippen molar-refractivity contribution in [3.8, 4) is 0 Å². The highest BCUT2D eigenvalue weighted by Gasteiger charge is 2.50. The number of rotatable bonds is 7. The van der Waals surface area contributed by atoms with Crippen LogP contribution in [0, 0.1) is 0 Å². The van der Waals surface area contributed by atoms with Crippen LogP contribution in [0.2, 0.25) is 0 Å². The minimum atomic E-state index is -2.48. The van der Waals surface area contributed by atoms with Gasteiger partial charge in [-0.25, -0.2) is 0 Å². The molecule has 108 valence electrons. The van der Waals surface area contributed by atoms with Gasteiger partial charge in [0.1, 0.15) is 6.17 Å². The van der Waals surface area contributed by atoms with Crippen molar-refractivity contribution in [3.05, 3.63) is 0 Å². The second-order valence-electron chi connectivity index (χ2n) is 5.59. The van der Waals surface area contributed by atoms with E-state index in [1.807, 2.05) is 0 Å². The van der Waals surface area contributed by atoms with Gasteiger partial charge in [0, 0.05) is 21.3 Å². The highest BCUT2D eigenvalue weighted by Crippen LogP contribution is 2.29. The van der Waals surface area contributed by atoms with Crippen molar-refractivity contribution < 1.29 is 17.8 Å². The Morgan fingerprint density at radius 2 is 1.72 bits per heavy atom. The van der Waals surface area contributed by atoms with Gasteiger partial charge in [-0.15, -0.1) is 0 Å². The monoisotopic (exact) mass is 276 g/mol. The van der Waals surface area contributed by atoms with Gasteiger partial charge < -0.3 is 17.8 Å². The summed E-state index contributed by atoms with van der Waals surface area (Å²) in [5.41, 5.74) is 0. The molecule has 1 fully saturated rings. The Hall–Kier alpha value is 0.0569. The Morgan fingerprint density at radius 3 is 2.22 bits per heavy atom. The van der Waals surface area contributed by atoms with E-state index in [0.717, 1.165) is 16.7 Å². The molecule has 0 aliphatic carbocycles. The predicted octanol–water partition coefficient (Wildman–Crippen LogP) is 2.20. The van der Waals surface area contributed by atoms with Crippen LogP contribution in [-0.4, -0.2) is 60.4 Å². The fraction of sp³-hybridized carbons (Fsp3) is 1.00. The summed E-state index contributed by atoms with van der Waals surface area (Å²) in [7, 11) is 5.01. The van der Waals surface area contributed by atoms with Crippen molar-refractivity contribution in [2.75, 3.05) is 41.1 Å². The van der Waals surface area contributed by atoms with E-state index in [2.05, 4.69) is 14.0 Å². The maximum Gasteiger partial charge on any atom is 0.558 e. The van der Waals surface area contributed by atoms with Crippen LogP contribution >= 0.6 is 0 Å². The Balaban J connectivity index is 2.81. The number of piperidine rings is 1. The summed E-state index contributed by atoms with van der Waals surface area (Å²) in [5.74, 6) is 0. The molecule has 0 N–H and O–H groups in total. The average Bonchev–Trinajstić information content (AvgIpc) is 2.39. The number of hydrogen-bond donors (Lipinski definition) is 0. The lowest BCUT2D eigenvalue weighted by molar-refractivity contribution is -0.931. The summed E-state index contributed by atoms with van der Waals surface area (Å²) < 4.78 is 17.9. The standard InChI is InChI=1S/C13H30NO3Si/c1-6-9-13-10-7-8-11-14(13,2)12-18(15-3,16-4)17-5/h13H,6-12H2,1-5H3/q+1. The Kier molecular flexibility index (Phi) is 6.27. The maximum absolute atomic E-state index is 5.61. The molecule has 1 aliphatic rings. The molecule has 0 spiro atoms. The van der Waals surface area contributed by atoms with Crippen LogP contribution in [0.5, 0.6) is 0 Å². The molecular formula is C13H30NO3Si+. The van der Waals surface area contributed by atoms with E-state index in [9.17, 15) is 0 Å². The second kappa shape index (κ2) is 7.00. The summed E-state index contributed by atoms with van der Waals surface area (Å²) in [6.45, 7) is 3.49. The summed E-state index contributed by atoms with van der Waals surface area (Å²) in [5, 5.41) is 0. The molecule has 4 nitrogen and oxygen atoms in total. The first-order valence-electron chi connectivity index (χ1n) is 7.05. The second-order valence-corrected chi connectivity index (χ2v) is 8.50. The van der Waals surface area contributed by atoms with Gasteiger partial charge >= 0.3 is 8.80 Å². The first-order chi connectivity index (χ1) is 8.55. The molecular weight excluding hydrogens is 246 g/mol. The Bertz CT molecular complexity index is 238. The van der Waals surface area contributed by atoms with E-state index in [1.165, 1.54) is 38.6 Å². The third-order valence-corrected chi connectivity index (χ3v) is 7.42. The quantitative estimate of drug-likeness (QED) is 0.527. The Labute approximate surface area is 113 Å². The average molecular weight is 276 g/mol. The van der Waals surface area contributed by atoms with E-state index in [4.69, 9.17) is 13.3 Å². The SMILES string of the molecule is CCCC1CCCC[N+]1(C)C[Si](OC)(OC)OC. The zero-order chi connectivity index (χ0) is 13.6. The molecule has 0 aromatic rings. The highest BCUT2D eigenvalue weighted by molar-refractivity contribution is 6.60. The van der Waals surface area contributed by atoms with E-state index in [1.54, 1.807) is 21.3 Å². The minimum Gasteiger partial charge on any atom is -0.374 e. The van der Waals surface area contributed by atoms with Crippen molar-refractivity contribution in [2.24, 2.45) is 0 Å². The molecule has 2 atom stereocenters. The summed E-state index contributed by atoms with van der Waals surface area (Å²) in [6, 6.07) is 0.732. The van der Waals surface area contributed by atoms with Crippen molar-refractivity contribution in [3.63, 3.8) is 0 Å². The van der Waals surface area contributed by atoms with Crippen molar-refractivity contribution in [2.45, 2.75) is 45.1 Å². The molecule has 0 saturated carbocycles. The van der Waals surface area contributed by atoms with Gasteiger partial charge in [0.2, 0.25) is 0 Å². The van der Waals surface area contributed by atoms with Crippen LogP contribution in [0.3, 0.4) is 0 Å². The van der Waals surface area contributed by atoms with Crippen LogP contribution in [0.1, 0.15) is 39.0 Å². The van der Waals surface area contributed by atoms with Gasteiger partial charge in [-0.1, -0.05) is 13.3 Å². The lowest BCUT2D eigenvalue weighted by Gasteiger charge is -2.47. The zero-order valence-corrected chi connectivity index (χ0v) is 13.7. The van der Waals surface area contributed by atoms with Gasteiger partial charge in [-0.2, -0.15) is 0 Å². The lowest BCUT2D eigenvalue weighted by Crippen LogP contribution is -2.65. The Morgan fingerprint density at radius 1 is 1.11 bits per heavy atom. The van der Waals surface area contributed by atoms with Crippen LogP contribution in [0.15, 0.2) is 0 Å². The third-order valence-electron chi connectivity index (χ3n) is 4.45. The molecule has 0 aromatic carbocycles. The van der Waals surface area contributed by atoms with Gasteiger partial charge in [0.15, 0.2) is 0 Å². The number of hydrogen-bond acceptors (Lipinski definition) is 3. The molecule has 1 saturated heterocycles. The smallest absolute Gasteiger partial charge is 0.374 e. The molecule has 1 rings (SSSR count). The van der Waals surface area contributed by atoms with Crippen LogP contribution < -0.4 is 0 Å². The fourth-order valence-electron chi connectivity index (χ4n) is 3.23. The van der Waals surface area contributed by atoms with Crippen molar-refractivity contribution in [1.29, 1.82) is 0 Å². The normalized spacial score (nSPS) is 29.5. The molecule has 2 unspecified atom stereocenters. The molecule has 1 aliphatic heterocycles. The van der Waals surface area contributed by atoms with Gasteiger partial charge in [-0.3, -0.25) is 0 Å². The lowest BCUT2D eigenvalue weighted by atomic mass is 9.96. The van der Waals surface area contributed by atoms with E-state index in [-0.39, 0.29) is 0 Å². The van der Waals surface area contributed by atoms with Crippen LogP contribution in [0.4, 0.5) is 0 Å².